The highest BCUT2D eigenvalue weighted by atomic mass is 16.2. The molecule has 1 saturated heterocycles. The minimum Gasteiger partial charge on any atom is -0.352 e. The van der Waals surface area contributed by atoms with Crippen molar-refractivity contribution in [3.05, 3.63) is 35.4 Å². The first-order chi connectivity index (χ1) is 10.6. The van der Waals surface area contributed by atoms with Crippen molar-refractivity contribution in [1.29, 1.82) is 0 Å². The Labute approximate surface area is 139 Å². The number of nitrogens with zero attached hydrogens (tertiary/aromatic N) is 1. The van der Waals surface area contributed by atoms with Crippen LogP contribution in [-0.2, 0) is 21.4 Å². The van der Waals surface area contributed by atoms with Crippen LogP contribution in [0, 0.1) is 0 Å². The van der Waals surface area contributed by atoms with Crippen molar-refractivity contribution in [2.45, 2.75) is 58.4 Å². The molecule has 0 aromatic heterocycles. The van der Waals surface area contributed by atoms with Crippen LogP contribution in [0.4, 0.5) is 0 Å². The van der Waals surface area contributed by atoms with E-state index in [1.165, 1.54) is 5.56 Å². The zero-order valence-electron chi connectivity index (χ0n) is 14.9. The van der Waals surface area contributed by atoms with E-state index >= 15 is 0 Å². The molecule has 1 aromatic rings. The summed E-state index contributed by atoms with van der Waals surface area (Å²) in [5.41, 5.74) is 1.83. The summed E-state index contributed by atoms with van der Waals surface area (Å²) >= 11 is 0. The normalized spacial score (nSPS) is 17.8. The van der Waals surface area contributed by atoms with Crippen LogP contribution >= 0.6 is 0 Å². The van der Waals surface area contributed by atoms with Gasteiger partial charge in [0, 0.05) is 19.5 Å². The van der Waals surface area contributed by atoms with Gasteiger partial charge in [0.2, 0.25) is 11.8 Å². The number of carbonyl (C=O) groups is 2. The van der Waals surface area contributed by atoms with Crippen molar-refractivity contribution >= 4 is 11.8 Å². The van der Waals surface area contributed by atoms with Gasteiger partial charge in [0.25, 0.3) is 0 Å². The Hall–Kier alpha value is -1.84. The van der Waals surface area contributed by atoms with Crippen LogP contribution in [0.15, 0.2) is 24.3 Å². The van der Waals surface area contributed by atoms with Gasteiger partial charge in [0.15, 0.2) is 0 Å². The van der Waals surface area contributed by atoms with E-state index in [-0.39, 0.29) is 17.2 Å². The molecule has 1 fully saturated rings. The van der Waals surface area contributed by atoms with Crippen LogP contribution < -0.4 is 5.32 Å². The zero-order chi connectivity index (χ0) is 17.3. The number of nitrogens with one attached hydrogen (secondary N) is 1. The molecule has 1 aliphatic rings. The lowest BCUT2D eigenvalue weighted by Crippen LogP contribution is -2.63. The maximum absolute atomic E-state index is 12.5. The van der Waals surface area contributed by atoms with Crippen molar-refractivity contribution in [3.63, 3.8) is 0 Å². The number of amides is 2. The smallest absolute Gasteiger partial charge is 0.245 e. The molecule has 0 bridgehead atoms. The van der Waals surface area contributed by atoms with Gasteiger partial charge in [-0.25, -0.2) is 0 Å². The van der Waals surface area contributed by atoms with Crippen LogP contribution in [0.3, 0.4) is 0 Å². The molecule has 1 aliphatic heterocycles. The second-order valence-corrected chi connectivity index (χ2v) is 7.81. The first-order valence-electron chi connectivity index (χ1n) is 8.30. The molecule has 0 aliphatic carbocycles. The number of hydrogen-bond donors (Lipinski definition) is 1. The van der Waals surface area contributed by atoms with E-state index in [9.17, 15) is 9.59 Å². The van der Waals surface area contributed by atoms with Gasteiger partial charge >= 0.3 is 0 Å². The lowest BCUT2D eigenvalue weighted by Gasteiger charge is -2.41. The predicted octanol–water partition coefficient (Wildman–Crippen LogP) is 2.65. The van der Waals surface area contributed by atoms with E-state index in [0.717, 1.165) is 5.56 Å². The number of hydrogen-bond acceptors (Lipinski definition) is 2. The van der Waals surface area contributed by atoms with Gasteiger partial charge < -0.3 is 10.2 Å². The number of carbonyl (C=O) groups excluding carboxylic acids is 2. The number of piperazine rings is 1. The van der Waals surface area contributed by atoms with Crippen molar-refractivity contribution in [2.75, 3.05) is 13.1 Å². The van der Waals surface area contributed by atoms with Gasteiger partial charge in [-0.3, -0.25) is 9.59 Å². The summed E-state index contributed by atoms with van der Waals surface area (Å²) in [4.78, 5) is 26.1. The summed E-state index contributed by atoms with van der Waals surface area (Å²) in [5, 5.41) is 2.82. The summed E-state index contributed by atoms with van der Waals surface area (Å²) in [6.07, 6.45) is 1.14. The second-order valence-electron chi connectivity index (χ2n) is 7.81. The summed E-state index contributed by atoms with van der Waals surface area (Å²) in [5.74, 6) is -0.0311. The average molecular weight is 316 g/mol. The van der Waals surface area contributed by atoms with Crippen molar-refractivity contribution in [1.82, 2.24) is 10.2 Å². The van der Waals surface area contributed by atoms with E-state index in [0.29, 0.717) is 25.9 Å². The quantitative estimate of drug-likeness (QED) is 0.932. The Kier molecular flexibility index (Phi) is 4.83. The maximum Gasteiger partial charge on any atom is 0.245 e. The van der Waals surface area contributed by atoms with Gasteiger partial charge in [0.1, 0.15) is 5.54 Å². The Morgan fingerprint density at radius 1 is 1.22 bits per heavy atom. The maximum atomic E-state index is 12.5. The van der Waals surface area contributed by atoms with E-state index in [4.69, 9.17) is 0 Å². The molecule has 0 radical (unpaired) electrons. The summed E-state index contributed by atoms with van der Waals surface area (Å²) in [7, 11) is 0. The largest absolute Gasteiger partial charge is 0.352 e. The summed E-state index contributed by atoms with van der Waals surface area (Å²) < 4.78 is 0. The molecule has 1 N–H and O–H groups in total. The van der Waals surface area contributed by atoms with E-state index in [2.05, 4.69) is 50.4 Å². The second kappa shape index (κ2) is 6.34. The number of rotatable bonds is 3. The lowest BCUT2D eigenvalue weighted by molar-refractivity contribution is -0.149. The Bertz CT molecular complexity index is 582. The molecule has 126 valence electrons. The molecule has 2 amide bonds. The third-order valence-corrected chi connectivity index (χ3v) is 4.60. The fraction of sp³-hybridized carbons (Fsp3) is 0.579. The molecule has 0 atom stereocenters. The molecule has 0 saturated carbocycles. The van der Waals surface area contributed by atoms with Gasteiger partial charge in [-0.1, -0.05) is 45.0 Å². The van der Waals surface area contributed by atoms with Crippen LogP contribution in [0.25, 0.3) is 0 Å². The SMILES string of the molecule is CC(C)(C)c1ccc(CCC(=O)N2CCNC(=O)C2(C)C)cc1. The zero-order valence-corrected chi connectivity index (χ0v) is 14.9. The summed E-state index contributed by atoms with van der Waals surface area (Å²) in [6.45, 7) is 11.3. The number of aryl methyl sites for hydroxylation is 1. The van der Waals surface area contributed by atoms with Crippen molar-refractivity contribution in [3.8, 4) is 0 Å². The van der Waals surface area contributed by atoms with Gasteiger partial charge in [-0.05, 0) is 36.8 Å². The molecule has 1 heterocycles. The van der Waals surface area contributed by atoms with E-state index in [1.54, 1.807) is 18.7 Å². The first kappa shape index (κ1) is 17.5. The number of benzene rings is 1. The molecule has 2 rings (SSSR count). The highest BCUT2D eigenvalue weighted by Gasteiger charge is 2.39. The first-order valence-corrected chi connectivity index (χ1v) is 8.30. The van der Waals surface area contributed by atoms with Gasteiger partial charge in [0.05, 0.1) is 0 Å². The van der Waals surface area contributed by atoms with Gasteiger partial charge in [-0.2, -0.15) is 0 Å². The van der Waals surface area contributed by atoms with Gasteiger partial charge in [-0.15, -0.1) is 0 Å². The fourth-order valence-electron chi connectivity index (χ4n) is 2.89. The molecule has 23 heavy (non-hydrogen) atoms. The van der Waals surface area contributed by atoms with Crippen molar-refractivity contribution < 1.29 is 9.59 Å². The van der Waals surface area contributed by atoms with Crippen molar-refractivity contribution in [2.24, 2.45) is 0 Å². The molecule has 1 aromatic carbocycles. The minimum absolute atomic E-state index is 0.0461. The molecule has 4 heteroatoms. The Balaban J connectivity index is 1.98. The van der Waals surface area contributed by atoms with Crippen LogP contribution in [-0.4, -0.2) is 35.3 Å². The molecule has 4 nitrogen and oxygen atoms in total. The molecule has 0 spiro atoms. The summed E-state index contributed by atoms with van der Waals surface area (Å²) in [6, 6.07) is 8.47. The highest BCUT2D eigenvalue weighted by molar-refractivity contribution is 5.91. The Morgan fingerprint density at radius 2 is 1.83 bits per heavy atom. The molecular formula is C19H28N2O2. The standard InChI is InChI=1S/C19H28N2O2/c1-18(2,3)15-9-6-14(7-10-15)8-11-16(22)21-13-12-20-17(23)19(21,4)5/h6-7,9-10H,8,11-13H2,1-5H3,(H,20,23). The fourth-order valence-corrected chi connectivity index (χ4v) is 2.89. The lowest BCUT2D eigenvalue weighted by atomic mass is 9.86. The predicted molar refractivity (Wildman–Crippen MR) is 92.3 cm³/mol. The molecular weight excluding hydrogens is 288 g/mol. The third-order valence-electron chi connectivity index (χ3n) is 4.60. The third kappa shape index (κ3) is 3.92. The van der Waals surface area contributed by atoms with Crippen LogP contribution in [0.2, 0.25) is 0 Å². The van der Waals surface area contributed by atoms with Crippen LogP contribution in [0.5, 0.6) is 0 Å². The Morgan fingerprint density at radius 3 is 2.39 bits per heavy atom. The average Bonchev–Trinajstić information content (AvgIpc) is 2.47. The van der Waals surface area contributed by atoms with E-state index in [1.807, 2.05) is 0 Å². The monoisotopic (exact) mass is 316 g/mol. The molecule has 0 unspecified atom stereocenters. The topological polar surface area (TPSA) is 49.4 Å². The highest BCUT2D eigenvalue weighted by Crippen LogP contribution is 2.23. The van der Waals surface area contributed by atoms with E-state index < -0.39 is 5.54 Å². The van der Waals surface area contributed by atoms with Crippen LogP contribution in [0.1, 0.15) is 52.2 Å². The minimum atomic E-state index is -0.759.